The van der Waals surface area contributed by atoms with Gasteiger partial charge >= 0.3 is 6.61 Å². The van der Waals surface area contributed by atoms with Crippen LogP contribution in [0.1, 0.15) is 5.69 Å². The van der Waals surface area contributed by atoms with Crippen molar-refractivity contribution in [3.8, 4) is 17.2 Å². The quantitative estimate of drug-likeness (QED) is 0.483. The van der Waals surface area contributed by atoms with Gasteiger partial charge in [0.2, 0.25) is 5.75 Å². The van der Waals surface area contributed by atoms with E-state index in [-0.39, 0.29) is 28.1 Å². The van der Waals surface area contributed by atoms with Crippen LogP contribution in [0.3, 0.4) is 0 Å². The van der Waals surface area contributed by atoms with Crippen molar-refractivity contribution in [3.63, 3.8) is 0 Å². The number of methoxy groups -OCH3 is 2. The third-order valence-corrected chi connectivity index (χ3v) is 4.84. The maximum Gasteiger partial charge on any atom is 0.387 e. The number of halogens is 2. The molecule has 2 aromatic heterocycles. The number of hydrogen-bond donors (Lipinski definition) is 1. The summed E-state index contributed by atoms with van der Waals surface area (Å²) in [4.78, 5) is 6.97. The summed E-state index contributed by atoms with van der Waals surface area (Å²) in [5.41, 5.74) is 0.911. The van der Waals surface area contributed by atoms with Crippen LogP contribution < -0.4 is 18.9 Å². The molecule has 0 aliphatic heterocycles. The average Bonchev–Trinajstić information content (AvgIpc) is 3.06. The second-order valence-corrected chi connectivity index (χ2v) is 6.65. The first-order chi connectivity index (χ1) is 12.9. The Morgan fingerprint density at radius 2 is 2.07 bits per heavy atom. The van der Waals surface area contributed by atoms with E-state index >= 15 is 0 Å². The molecule has 11 heteroatoms. The Labute approximate surface area is 154 Å². The van der Waals surface area contributed by atoms with Gasteiger partial charge in [-0.1, -0.05) is 0 Å². The standard InChI is InChI=1S/C16H15F2N3O5S/c1-24-13-5-6-21(22)12(14(13)25-2)8-27(23)16-19-10-4-3-9(26-15(17)18)7-11(10)20-16/h3-7,15H,8H2,1-2H3,(H,19,20)/t27-/m0/s1. The van der Waals surface area contributed by atoms with Crippen LogP contribution in [-0.2, 0) is 16.6 Å². The minimum Gasteiger partial charge on any atom is -0.618 e. The van der Waals surface area contributed by atoms with E-state index in [1.807, 2.05) is 0 Å². The first-order valence-electron chi connectivity index (χ1n) is 7.59. The molecule has 144 valence electrons. The zero-order valence-electron chi connectivity index (χ0n) is 14.3. The van der Waals surface area contributed by atoms with E-state index in [0.29, 0.717) is 21.5 Å². The van der Waals surface area contributed by atoms with E-state index in [4.69, 9.17) is 9.47 Å². The van der Waals surface area contributed by atoms with Crippen LogP contribution in [0.15, 0.2) is 35.6 Å². The number of nitrogens with one attached hydrogen (secondary N) is 1. The highest BCUT2D eigenvalue weighted by Gasteiger charge is 2.24. The van der Waals surface area contributed by atoms with Crippen molar-refractivity contribution in [1.29, 1.82) is 0 Å². The molecule has 3 aromatic rings. The molecule has 0 amide bonds. The van der Waals surface area contributed by atoms with Crippen molar-refractivity contribution in [2.45, 2.75) is 17.5 Å². The Bertz CT molecular complexity index is 996. The van der Waals surface area contributed by atoms with Crippen molar-refractivity contribution in [2.24, 2.45) is 0 Å². The van der Waals surface area contributed by atoms with Crippen LogP contribution in [0, 0.1) is 5.21 Å². The van der Waals surface area contributed by atoms with E-state index < -0.39 is 17.4 Å². The van der Waals surface area contributed by atoms with Gasteiger partial charge in [0.05, 0.1) is 36.1 Å². The lowest BCUT2D eigenvalue weighted by Gasteiger charge is -2.11. The summed E-state index contributed by atoms with van der Waals surface area (Å²) in [6.07, 6.45) is 1.22. The molecule has 2 heterocycles. The molecule has 0 spiro atoms. The lowest BCUT2D eigenvalue weighted by atomic mass is 10.3. The molecule has 1 N–H and O–H groups in total. The number of imidazole rings is 1. The van der Waals surface area contributed by atoms with Gasteiger partial charge in [-0.25, -0.2) is 4.98 Å². The van der Waals surface area contributed by atoms with Crippen LogP contribution in [0.25, 0.3) is 11.0 Å². The SMILES string of the molecule is COc1cc[n+]([O-])c(C[S@](=O)c2nc3ccc(OC(F)F)cc3[nH]2)c1OC. The summed E-state index contributed by atoms with van der Waals surface area (Å²) < 4.78 is 52.5. The number of aromatic amines is 1. The molecule has 0 aliphatic rings. The van der Waals surface area contributed by atoms with E-state index in [2.05, 4.69) is 14.7 Å². The van der Waals surface area contributed by atoms with Crippen LogP contribution in [0.4, 0.5) is 8.78 Å². The van der Waals surface area contributed by atoms with E-state index in [0.717, 1.165) is 0 Å². The van der Waals surface area contributed by atoms with Crippen molar-refractivity contribution in [2.75, 3.05) is 14.2 Å². The number of fused-ring (bicyclic) bond motifs is 1. The molecule has 0 saturated carbocycles. The predicted molar refractivity (Wildman–Crippen MR) is 91.3 cm³/mol. The highest BCUT2D eigenvalue weighted by atomic mass is 32.2. The monoisotopic (exact) mass is 399 g/mol. The van der Waals surface area contributed by atoms with Gasteiger partial charge in [-0.3, -0.25) is 4.21 Å². The van der Waals surface area contributed by atoms with E-state index in [9.17, 15) is 18.2 Å². The highest BCUT2D eigenvalue weighted by Crippen LogP contribution is 2.30. The van der Waals surface area contributed by atoms with Gasteiger partial charge in [-0.15, -0.1) is 0 Å². The zero-order valence-corrected chi connectivity index (χ0v) is 15.1. The number of alkyl halides is 2. The maximum atomic E-state index is 12.7. The van der Waals surface area contributed by atoms with Crippen LogP contribution >= 0.6 is 0 Å². The normalized spacial score (nSPS) is 12.3. The van der Waals surface area contributed by atoms with Crippen LogP contribution in [-0.4, -0.2) is 35.0 Å². The molecule has 3 rings (SSSR count). The molecule has 0 radical (unpaired) electrons. The smallest absolute Gasteiger partial charge is 0.387 e. The first kappa shape index (κ1) is 18.8. The number of aromatic nitrogens is 3. The molecular formula is C16H15F2N3O5S. The molecule has 0 aliphatic carbocycles. The zero-order chi connectivity index (χ0) is 19.6. The minimum absolute atomic E-state index is 0.0506. The fraction of sp³-hybridized carbons (Fsp3) is 0.250. The summed E-state index contributed by atoms with van der Waals surface area (Å²) in [6, 6.07) is 5.56. The lowest BCUT2D eigenvalue weighted by Crippen LogP contribution is -2.32. The molecule has 1 atom stereocenters. The fourth-order valence-corrected chi connectivity index (χ4v) is 3.56. The average molecular weight is 399 g/mol. The van der Waals surface area contributed by atoms with Crippen molar-refractivity contribution in [1.82, 2.24) is 9.97 Å². The number of pyridine rings is 1. The molecule has 1 aromatic carbocycles. The first-order valence-corrected chi connectivity index (χ1v) is 8.90. The largest absolute Gasteiger partial charge is 0.618 e. The van der Waals surface area contributed by atoms with Gasteiger partial charge in [-0.05, 0) is 12.1 Å². The number of hydrogen-bond acceptors (Lipinski definition) is 6. The summed E-state index contributed by atoms with van der Waals surface area (Å²) in [7, 11) is 1.06. The van der Waals surface area contributed by atoms with E-state index in [1.54, 1.807) is 0 Å². The van der Waals surface area contributed by atoms with Gasteiger partial charge in [-0.2, -0.15) is 13.5 Å². The Kier molecular flexibility index (Phi) is 5.40. The van der Waals surface area contributed by atoms with Gasteiger partial charge in [0.25, 0.3) is 5.69 Å². The Balaban J connectivity index is 1.91. The summed E-state index contributed by atoms with van der Waals surface area (Å²) in [6.45, 7) is -2.95. The molecule has 0 saturated heterocycles. The van der Waals surface area contributed by atoms with E-state index in [1.165, 1.54) is 44.7 Å². The van der Waals surface area contributed by atoms with Gasteiger partial charge in [0.15, 0.2) is 17.1 Å². The number of benzene rings is 1. The fourth-order valence-electron chi connectivity index (χ4n) is 2.49. The van der Waals surface area contributed by atoms with Crippen molar-refractivity contribution in [3.05, 3.63) is 41.4 Å². The Morgan fingerprint density at radius 1 is 1.30 bits per heavy atom. The number of nitrogens with zero attached hydrogens (tertiary/aromatic N) is 2. The third-order valence-electron chi connectivity index (χ3n) is 3.68. The van der Waals surface area contributed by atoms with Crippen LogP contribution in [0.2, 0.25) is 0 Å². The van der Waals surface area contributed by atoms with Gasteiger partial charge < -0.3 is 24.4 Å². The van der Waals surface area contributed by atoms with Gasteiger partial charge in [0, 0.05) is 12.1 Å². The predicted octanol–water partition coefficient (Wildman–Crippen LogP) is 2.12. The Morgan fingerprint density at radius 3 is 2.74 bits per heavy atom. The Hall–Kier alpha value is -2.95. The molecule has 0 fully saturated rings. The molecule has 0 bridgehead atoms. The summed E-state index contributed by atoms with van der Waals surface area (Å²) >= 11 is 0. The maximum absolute atomic E-state index is 12.7. The molecule has 0 unspecified atom stereocenters. The van der Waals surface area contributed by atoms with Crippen molar-refractivity contribution < 1.29 is 31.9 Å². The molecule has 27 heavy (non-hydrogen) atoms. The van der Waals surface area contributed by atoms with Gasteiger partial charge in [0.1, 0.15) is 11.5 Å². The molecular weight excluding hydrogens is 384 g/mol. The lowest BCUT2D eigenvalue weighted by molar-refractivity contribution is -0.613. The second kappa shape index (κ2) is 7.74. The number of rotatable bonds is 7. The second-order valence-electron chi connectivity index (χ2n) is 5.28. The third kappa shape index (κ3) is 3.92. The molecule has 8 nitrogen and oxygen atoms in total. The minimum atomic E-state index is -2.95. The topological polar surface area (TPSA) is 100 Å². The highest BCUT2D eigenvalue weighted by molar-refractivity contribution is 7.84. The number of ether oxygens (including phenoxy) is 3. The summed E-state index contributed by atoms with van der Waals surface area (Å²) in [5.74, 6) is 0.261. The van der Waals surface area contributed by atoms with Crippen LogP contribution in [0.5, 0.6) is 17.2 Å². The number of H-pyrrole nitrogens is 1. The van der Waals surface area contributed by atoms with Crippen molar-refractivity contribution >= 4 is 21.8 Å². The summed E-state index contributed by atoms with van der Waals surface area (Å²) in [5, 5.41) is 12.2.